The number of hydrogen-bond acceptors (Lipinski definition) is 5. The zero-order valence-electron chi connectivity index (χ0n) is 15.9. The Balaban J connectivity index is 1.58. The monoisotopic (exact) mass is 403 g/mol. The molecule has 0 spiro atoms. The van der Waals surface area contributed by atoms with E-state index in [-0.39, 0.29) is 23.1 Å². The fraction of sp³-hybridized carbons (Fsp3) is 0.450. The highest BCUT2D eigenvalue weighted by molar-refractivity contribution is 7.11. The van der Waals surface area contributed by atoms with Crippen molar-refractivity contribution in [2.24, 2.45) is 5.92 Å². The van der Waals surface area contributed by atoms with Crippen LogP contribution in [0.3, 0.4) is 0 Å². The molecule has 3 rings (SSSR count). The Morgan fingerprint density at radius 1 is 1.21 bits per heavy atom. The number of benzene rings is 1. The van der Waals surface area contributed by atoms with Gasteiger partial charge in [0.25, 0.3) is 0 Å². The van der Waals surface area contributed by atoms with Gasteiger partial charge >= 0.3 is 12.0 Å². The van der Waals surface area contributed by atoms with Crippen molar-refractivity contribution >= 4 is 28.5 Å². The largest absolute Gasteiger partial charge is 0.477 e. The van der Waals surface area contributed by atoms with Gasteiger partial charge < -0.3 is 15.2 Å². The topological polar surface area (TPSA) is 101 Å². The standard InChI is InChI=1S/C20H25N3O4S/c1-13-7-9-15(10-8-13)12-27-17-16(19(24)25)18(28-23-17)22-20(26)21-11-14-5-3-2-4-6-14/h7-10,14H,2-6,11-12H2,1H3,(H,24,25)(H2,21,22,26). The van der Waals surface area contributed by atoms with Gasteiger partial charge in [0.2, 0.25) is 5.88 Å². The molecule has 3 N–H and O–H groups in total. The molecule has 7 nitrogen and oxygen atoms in total. The van der Waals surface area contributed by atoms with Gasteiger partial charge in [-0.15, -0.1) is 0 Å². The molecule has 0 bridgehead atoms. The first-order valence-electron chi connectivity index (χ1n) is 9.49. The van der Waals surface area contributed by atoms with Gasteiger partial charge in [0.05, 0.1) is 0 Å². The number of hydrogen-bond donors (Lipinski definition) is 3. The Bertz CT molecular complexity index is 813. The predicted molar refractivity (Wildman–Crippen MR) is 108 cm³/mol. The molecule has 0 atom stereocenters. The van der Waals surface area contributed by atoms with Crippen molar-refractivity contribution in [1.82, 2.24) is 9.69 Å². The summed E-state index contributed by atoms with van der Waals surface area (Å²) < 4.78 is 9.66. The summed E-state index contributed by atoms with van der Waals surface area (Å²) in [5.74, 6) is -0.677. The third-order valence-electron chi connectivity index (χ3n) is 4.87. The first-order chi connectivity index (χ1) is 13.5. The molecule has 1 heterocycles. The molecule has 28 heavy (non-hydrogen) atoms. The minimum atomic E-state index is -1.18. The van der Waals surface area contributed by atoms with Gasteiger partial charge in [0.1, 0.15) is 11.6 Å². The molecule has 150 valence electrons. The van der Waals surface area contributed by atoms with Crippen molar-refractivity contribution in [3.05, 3.63) is 41.0 Å². The first-order valence-corrected chi connectivity index (χ1v) is 10.3. The van der Waals surface area contributed by atoms with E-state index in [1.54, 1.807) is 0 Å². The van der Waals surface area contributed by atoms with Crippen LogP contribution in [0.5, 0.6) is 5.88 Å². The highest BCUT2D eigenvalue weighted by atomic mass is 32.1. The van der Waals surface area contributed by atoms with E-state index in [0.717, 1.165) is 35.5 Å². The van der Waals surface area contributed by atoms with Crippen LogP contribution in [-0.2, 0) is 6.61 Å². The second-order valence-corrected chi connectivity index (χ2v) is 7.88. The van der Waals surface area contributed by atoms with Gasteiger partial charge in [-0.1, -0.05) is 49.1 Å². The third kappa shape index (κ3) is 5.45. The molecule has 2 amide bonds. The number of aromatic carboxylic acids is 1. The average molecular weight is 404 g/mol. The fourth-order valence-corrected chi connectivity index (χ4v) is 3.98. The number of carbonyl (C=O) groups excluding carboxylic acids is 1. The van der Waals surface area contributed by atoms with E-state index in [0.29, 0.717) is 12.5 Å². The summed E-state index contributed by atoms with van der Waals surface area (Å²) in [6.45, 7) is 2.80. The lowest BCUT2D eigenvalue weighted by atomic mass is 9.89. The summed E-state index contributed by atoms with van der Waals surface area (Å²) >= 11 is 0.904. The number of rotatable bonds is 7. The summed E-state index contributed by atoms with van der Waals surface area (Å²) in [5, 5.41) is 15.1. The van der Waals surface area contributed by atoms with E-state index < -0.39 is 12.0 Å². The molecule has 2 aromatic rings. The molecule has 1 aliphatic carbocycles. The van der Waals surface area contributed by atoms with Crippen LogP contribution >= 0.6 is 11.5 Å². The number of nitrogens with zero attached hydrogens (tertiary/aromatic N) is 1. The van der Waals surface area contributed by atoms with E-state index in [1.165, 1.54) is 19.3 Å². The summed E-state index contributed by atoms with van der Waals surface area (Å²) in [6.07, 6.45) is 5.91. The van der Waals surface area contributed by atoms with Gasteiger partial charge in [0.15, 0.2) is 5.56 Å². The van der Waals surface area contributed by atoms with Gasteiger partial charge in [-0.3, -0.25) is 5.32 Å². The lowest BCUT2D eigenvalue weighted by Gasteiger charge is -2.21. The highest BCUT2D eigenvalue weighted by Gasteiger charge is 2.24. The van der Waals surface area contributed by atoms with Crippen LogP contribution < -0.4 is 15.4 Å². The van der Waals surface area contributed by atoms with Gasteiger partial charge in [-0.05, 0) is 42.8 Å². The minimum Gasteiger partial charge on any atom is -0.477 e. The maximum Gasteiger partial charge on any atom is 0.344 e. The molecule has 1 aromatic heterocycles. The fourth-order valence-electron chi connectivity index (χ4n) is 3.26. The van der Waals surface area contributed by atoms with Gasteiger partial charge in [0, 0.05) is 6.54 Å². The number of aryl methyl sites for hydroxylation is 1. The van der Waals surface area contributed by atoms with Gasteiger partial charge in [-0.2, -0.15) is 4.37 Å². The van der Waals surface area contributed by atoms with Crippen molar-refractivity contribution in [3.8, 4) is 5.88 Å². The van der Waals surface area contributed by atoms with Crippen LogP contribution in [0, 0.1) is 12.8 Å². The number of anilines is 1. The SMILES string of the molecule is Cc1ccc(COc2nsc(NC(=O)NCC3CCCCC3)c2C(=O)O)cc1. The van der Waals surface area contributed by atoms with Crippen molar-refractivity contribution in [3.63, 3.8) is 0 Å². The second kappa shape index (κ2) is 9.54. The quantitative estimate of drug-likeness (QED) is 0.635. The van der Waals surface area contributed by atoms with E-state index in [9.17, 15) is 14.7 Å². The van der Waals surface area contributed by atoms with Gasteiger partial charge in [-0.25, -0.2) is 9.59 Å². The number of ether oxygens (including phenoxy) is 1. The number of urea groups is 1. The molecule has 0 saturated heterocycles. The molecular formula is C20H25N3O4S. The van der Waals surface area contributed by atoms with Crippen LogP contribution in [0.2, 0.25) is 0 Å². The van der Waals surface area contributed by atoms with Crippen molar-refractivity contribution in [2.75, 3.05) is 11.9 Å². The minimum absolute atomic E-state index is 0.0145. The van der Waals surface area contributed by atoms with Crippen molar-refractivity contribution in [1.29, 1.82) is 0 Å². The number of aromatic nitrogens is 1. The Kier molecular flexibility index (Phi) is 6.86. The van der Waals surface area contributed by atoms with E-state index in [1.807, 2.05) is 31.2 Å². The van der Waals surface area contributed by atoms with Crippen LogP contribution in [0.4, 0.5) is 9.80 Å². The lowest BCUT2D eigenvalue weighted by Crippen LogP contribution is -2.33. The maximum atomic E-state index is 12.2. The normalized spacial score (nSPS) is 14.5. The van der Waals surface area contributed by atoms with E-state index >= 15 is 0 Å². The number of carbonyl (C=O) groups is 2. The summed E-state index contributed by atoms with van der Waals surface area (Å²) in [6, 6.07) is 7.34. The lowest BCUT2D eigenvalue weighted by molar-refractivity contribution is 0.0693. The third-order valence-corrected chi connectivity index (χ3v) is 5.62. The molecule has 1 saturated carbocycles. The van der Waals surface area contributed by atoms with Crippen LogP contribution in [0.1, 0.15) is 53.6 Å². The molecule has 1 aliphatic rings. The average Bonchev–Trinajstić information content (AvgIpc) is 3.09. The summed E-state index contributed by atoms with van der Waals surface area (Å²) in [5.41, 5.74) is 1.92. The molecule has 0 radical (unpaired) electrons. The predicted octanol–water partition coefficient (Wildman–Crippen LogP) is 4.43. The molecule has 1 aromatic carbocycles. The maximum absolute atomic E-state index is 12.2. The van der Waals surface area contributed by atoms with E-state index in [2.05, 4.69) is 15.0 Å². The molecule has 0 unspecified atom stereocenters. The molecule has 8 heteroatoms. The first kappa shape index (κ1) is 20.1. The summed E-state index contributed by atoms with van der Waals surface area (Å²) in [7, 11) is 0. The Hall–Kier alpha value is -2.61. The van der Waals surface area contributed by atoms with Crippen LogP contribution in [-0.4, -0.2) is 28.0 Å². The highest BCUT2D eigenvalue weighted by Crippen LogP contribution is 2.31. The number of amides is 2. The Labute approximate surface area is 168 Å². The Morgan fingerprint density at radius 2 is 1.93 bits per heavy atom. The molecular weight excluding hydrogens is 378 g/mol. The number of carboxylic acid groups (broad SMARTS) is 1. The zero-order valence-corrected chi connectivity index (χ0v) is 16.7. The molecule has 0 aliphatic heterocycles. The van der Waals surface area contributed by atoms with Crippen molar-refractivity contribution < 1.29 is 19.4 Å². The van der Waals surface area contributed by atoms with Crippen LogP contribution in [0.25, 0.3) is 0 Å². The second-order valence-electron chi connectivity index (χ2n) is 7.11. The van der Waals surface area contributed by atoms with Crippen LogP contribution in [0.15, 0.2) is 24.3 Å². The zero-order chi connectivity index (χ0) is 19.9. The van der Waals surface area contributed by atoms with E-state index in [4.69, 9.17) is 4.74 Å². The summed E-state index contributed by atoms with van der Waals surface area (Å²) in [4.78, 5) is 23.8. The van der Waals surface area contributed by atoms with Crippen molar-refractivity contribution in [2.45, 2.75) is 45.6 Å². The Morgan fingerprint density at radius 3 is 2.61 bits per heavy atom. The number of carboxylic acids is 1. The molecule has 1 fully saturated rings. The smallest absolute Gasteiger partial charge is 0.344 e. The number of nitrogens with one attached hydrogen (secondary N) is 2.